The molecular formula is C81H108N8O28S2. The largest absolute Gasteiger partial charge is 0.508 e. The van der Waals surface area contributed by atoms with E-state index >= 15 is 0 Å². The molecule has 0 aromatic heterocycles. The highest BCUT2D eigenvalue weighted by atomic mass is 32.2. The van der Waals surface area contributed by atoms with Crippen LogP contribution in [0.25, 0.3) is 32.7 Å². The number of ether oxygens (including phenoxy) is 12. The van der Waals surface area contributed by atoms with Crippen molar-refractivity contribution in [3.63, 3.8) is 0 Å². The maximum Gasteiger partial charge on any atom is 0.366 e. The number of ketones is 1. The Morgan fingerprint density at radius 2 is 0.882 bits per heavy atom. The van der Waals surface area contributed by atoms with E-state index < -0.39 is 140 Å². The monoisotopic (exact) mass is 1700 g/mol. The fourth-order valence-electron chi connectivity index (χ4n) is 12.6. The Morgan fingerprint density at radius 3 is 1.29 bits per heavy atom. The third kappa shape index (κ3) is 31.4. The number of methoxy groups -OCH3 is 2. The highest BCUT2D eigenvalue weighted by molar-refractivity contribution is 7.99. The summed E-state index contributed by atoms with van der Waals surface area (Å²) in [6, 6.07) is 27.7. The summed E-state index contributed by atoms with van der Waals surface area (Å²) in [5, 5.41) is 104. The van der Waals surface area contributed by atoms with Crippen LogP contribution < -0.4 is 31.3 Å². The van der Waals surface area contributed by atoms with Gasteiger partial charge in [0.1, 0.15) is 48.3 Å². The van der Waals surface area contributed by atoms with E-state index in [1.54, 1.807) is 72.8 Å². The smallest absolute Gasteiger partial charge is 0.366 e. The quantitative estimate of drug-likeness (QED) is 0.00661. The Hall–Kier alpha value is -9.13. The van der Waals surface area contributed by atoms with Crippen molar-refractivity contribution >= 4 is 70.8 Å². The number of azide groups is 1. The molecular weight excluding hydrogens is 1600 g/mol. The van der Waals surface area contributed by atoms with E-state index in [2.05, 4.69) is 36.6 Å². The number of amides is 5. The van der Waals surface area contributed by atoms with Crippen LogP contribution in [0.3, 0.4) is 0 Å². The number of Topliss-reactive ketones (excluding diaryl/α,β-unsaturated/α-hetero) is 1. The number of carbonyl (C=O) groups excluding carboxylic acids is 8. The van der Waals surface area contributed by atoms with Gasteiger partial charge in [0.15, 0.2) is 5.78 Å². The molecule has 0 bridgehead atoms. The molecule has 13 N–H and O–H groups in total. The van der Waals surface area contributed by atoms with Gasteiger partial charge in [0, 0.05) is 86.6 Å². The molecule has 2 aliphatic heterocycles. The summed E-state index contributed by atoms with van der Waals surface area (Å²) >= 11 is 2.89. The molecule has 38 heteroatoms. The van der Waals surface area contributed by atoms with Crippen molar-refractivity contribution in [3.8, 4) is 39.5 Å². The number of hydrogen-bond acceptors (Lipinski definition) is 31. The normalized spacial score (nSPS) is 19.9. The Kier molecular flexibility index (Phi) is 42.0. The van der Waals surface area contributed by atoms with Crippen molar-refractivity contribution in [3.05, 3.63) is 148 Å². The van der Waals surface area contributed by atoms with E-state index in [1.807, 2.05) is 0 Å². The van der Waals surface area contributed by atoms with Gasteiger partial charge in [-0.05, 0) is 131 Å². The van der Waals surface area contributed by atoms with Crippen LogP contribution in [0.5, 0.6) is 17.2 Å². The van der Waals surface area contributed by atoms with E-state index in [-0.39, 0.29) is 104 Å². The van der Waals surface area contributed by atoms with E-state index in [4.69, 9.17) is 62.4 Å². The minimum absolute atomic E-state index is 0.00676. The van der Waals surface area contributed by atoms with Crippen LogP contribution in [-0.4, -0.2) is 310 Å². The first-order chi connectivity index (χ1) is 57.3. The van der Waals surface area contributed by atoms with Crippen LogP contribution in [-0.2, 0) is 71.3 Å². The first-order valence-corrected chi connectivity index (χ1v) is 41.1. The zero-order valence-corrected chi connectivity index (χ0v) is 68.4. The third-order valence-electron chi connectivity index (χ3n) is 18.7. The summed E-state index contributed by atoms with van der Waals surface area (Å²) in [7, 11) is 2.13. The molecule has 7 rings (SSSR count). The predicted molar refractivity (Wildman–Crippen MR) is 433 cm³/mol. The molecule has 36 nitrogen and oxygen atoms in total. The molecule has 5 aromatic carbocycles. The van der Waals surface area contributed by atoms with Crippen LogP contribution in [0.2, 0.25) is 0 Å². The van der Waals surface area contributed by atoms with E-state index in [0.717, 1.165) is 50.3 Å². The molecule has 2 fully saturated rings. The Morgan fingerprint density at radius 1 is 0.504 bits per heavy atom. The van der Waals surface area contributed by atoms with Crippen LogP contribution in [0.4, 0.5) is 0 Å². The summed E-state index contributed by atoms with van der Waals surface area (Å²) in [5.74, 6) is -7.88. The number of nitrogens with zero attached hydrogens (tertiary/aromatic N) is 3. The van der Waals surface area contributed by atoms with Crippen LogP contribution >= 0.6 is 23.5 Å². The van der Waals surface area contributed by atoms with Gasteiger partial charge in [0.05, 0.1) is 136 Å². The van der Waals surface area contributed by atoms with Crippen molar-refractivity contribution in [2.45, 2.75) is 125 Å². The van der Waals surface area contributed by atoms with E-state index in [9.17, 15) is 79.2 Å². The molecule has 0 aliphatic carbocycles. The van der Waals surface area contributed by atoms with Crippen molar-refractivity contribution in [2.24, 2.45) is 5.11 Å². The minimum Gasteiger partial charge on any atom is -0.508 e. The van der Waals surface area contributed by atoms with Gasteiger partial charge in [-0.1, -0.05) is 53.6 Å². The zero-order valence-electron chi connectivity index (χ0n) is 66.7. The standard InChI is InChI=1S/C81H108N8O28S2/c1-51(90)87-69-64(95)47-80(78(104)106-3,116-73(69)71(99)66(97)49-84-75(101)57-13-9-53(10-14-57)55-17-22-60(92)23-18-55)114-29-6-43-118-42-5-8-63(94)62-26-21-59(46-68(62)113-41-40-112-39-38-111-37-36-110-35-34-109-33-32-108-31-27-86-89-82)77(103)83-28-45-119-44-7-30-115-81(79(105)107-4)48-65(96)70(88-52(2)91)74(117-81)72(100)67(98)50-85-76(102)58-15-11-54(12-16-58)56-19-24-61(93)25-20-56/h9-26,46,64-67,69-74,92-93,95-100H,5-8,27-45,47-50H2,1-4H3,(H,83,103)(H,84,101)(H,85,102)(H,87,90)(H,88,91)/t64-,65-,66+,67+,69+,70+,71+,72+,73+,74+,80+,81+/m0/s1. The molecule has 5 aromatic rings. The first kappa shape index (κ1) is 97.0. The second-order valence-electron chi connectivity index (χ2n) is 27.4. The average Bonchev–Trinajstić information content (AvgIpc) is 0.769. The summed E-state index contributed by atoms with van der Waals surface area (Å²) in [4.78, 5) is 108. The predicted octanol–water partition coefficient (Wildman–Crippen LogP) is 3.53. The number of phenolic OH excluding ortho intramolecular Hbond substituents is 2. The van der Waals surface area contributed by atoms with Gasteiger partial charge < -0.3 is 124 Å². The van der Waals surface area contributed by atoms with Gasteiger partial charge in [-0.2, -0.15) is 23.5 Å². The average molecular weight is 1710 g/mol. The second-order valence-corrected chi connectivity index (χ2v) is 29.9. The van der Waals surface area contributed by atoms with Gasteiger partial charge in [-0.15, -0.1) is 0 Å². The lowest BCUT2D eigenvalue weighted by Crippen LogP contribution is -2.68. The Balaban J connectivity index is 0.877. The van der Waals surface area contributed by atoms with Gasteiger partial charge >= 0.3 is 11.9 Å². The molecule has 652 valence electrons. The maximum atomic E-state index is 14.0. The van der Waals surface area contributed by atoms with Gasteiger partial charge in [-0.25, -0.2) is 9.59 Å². The number of rotatable bonds is 54. The number of nitrogens with one attached hydrogen (secondary N) is 5. The number of hydrogen-bond donors (Lipinski definition) is 13. The number of benzene rings is 5. The van der Waals surface area contributed by atoms with E-state index in [0.29, 0.717) is 88.5 Å². The summed E-state index contributed by atoms with van der Waals surface area (Å²) in [6.07, 6.45) is -13.9. The Bertz CT molecular complexity index is 4040. The number of aliphatic hydroxyl groups is 6. The summed E-state index contributed by atoms with van der Waals surface area (Å²) < 4.78 is 68.1. The van der Waals surface area contributed by atoms with Gasteiger partial charge in [-0.3, -0.25) is 28.8 Å². The molecule has 0 radical (unpaired) electrons. The van der Waals surface area contributed by atoms with Gasteiger partial charge in [0.2, 0.25) is 11.8 Å². The molecule has 119 heavy (non-hydrogen) atoms. The molecule has 5 amide bonds. The lowest BCUT2D eigenvalue weighted by Gasteiger charge is -2.47. The summed E-state index contributed by atoms with van der Waals surface area (Å²) in [5.41, 5.74) is 12.3. The van der Waals surface area contributed by atoms with Crippen LogP contribution in [0.15, 0.2) is 120 Å². The molecule has 0 unspecified atom stereocenters. The van der Waals surface area contributed by atoms with E-state index in [1.165, 1.54) is 66.0 Å². The van der Waals surface area contributed by atoms with Gasteiger partial charge in [0.25, 0.3) is 29.3 Å². The fraction of sp³-hybridized carbons (Fsp3) is 0.531. The molecule has 2 saturated heterocycles. The molecule has 2 aliphatic rings. The SMILES string of the molecule is COC(=O)[C@@]1(OCCCSCCCC(=O)c2ccc(C(=O)NCCSCCCO[C@]3(C(=O)OC)C[C@H](O)[C@@H](NC(C)=O)[C@H]([C@H](O)[C@H](O)CNC(=O)c4ccc(-c5ccc(O)cc5)cc4)O3)cc2OCCOCCOCCOCCOCCOCCN=[N+]=[N-])C[C@H](O)[C@@H](NC(C)=O)[C@H]([C@H](O)[C@H](O)CNC(=O)c2ccc(-c3ccc(O)cc3)cc2)O1. The fourth-order valence-corrected chi connectivity index (χ4v) is 14.2. The van der Waals surface area contributed by atoms with Crippen molar-refractivity contribution < 1.29 is 136 Å². The number of aromatic hydroxyl groups is 2. The molecule has 2 heterocycles. The molecule has 12 atom stereocenters. The zero-order chi connectivity index (χ0) is 86.1. The lowest BCUT2D eigenvalue weighted by atomic mass is 9.88. The van der Waals surface area contributed by atoms with Crippen LogP contribution in [0.1, 0.15) is 93.8 Å². The van der Waals surface area contributed by atoms with Crippen molar-refractivity contribution in [1.29, 1.82) is 0 Å². The minimum atomic E-state index is -2.32. The van der Waals surface area contributed by atoms with Crippen LogP contribution in [0, 0.1) is 0 Å². The van der Waals surface area contributed by atoms with Crippen molar-refractivity contribution in [1.82, 2.24) is 26.6 Å². The molecule has 0 saturated carbocycles. The lowest BCUT2D eigenvalue weighted by molar-refractivity contribution is -0.311. The highest BCUT2D eigenvalue weighted by Crippen LogP contribution is 2.37. The molecule has 0 spiro atoms. The third-order valence-corrected chi connectivity index (χ3v) is 20.9. The topological polar surface area (TPSA) is 518 Å². The second kappa shape index (κ2) is 51.5. The summed E-state index contributed by atoms with van der Waals surface area (Å²) in [6.45, 7) is 4.29. The Labute approximate surface area is 696 Å². The number of phenols is 2. The number of carbonyl (C=O) groups is 8. The first-order valence-electron chi connectivity index (χ1n) is 38.7. The van der Waals surface area contributed by atoms with Crippen molar-refractivity contribution in [2.75, 3.05) is 149 Å². The maximum absolute atomic E-state index is 14.0. The number of thioether (sulfide) groups is 2. The number of esters is 2. The highest BCUT2D eigenvalue weighted by Gasteiger charge is 2.58. The number of aliphatic hydroxyl groups excluding tert-OH is 6.